The Balaban J connectivity index is 2.28. The lowest BCUT2D eigenvalue weighted by Gasteiger charge is -2.03. The first-order valence-electron chi connectivity index (χ1n) is 5.82. The van der Waals surface area contributed by atoms with Crippen molar-refractivity contribution >= 4 is 11.4 Å². The Morgan fingerprint density at radius 3 is 3.00 bits per heavy atom. The Morgan fingerprint density at radius 1 is 1.40 bits per heavy atom. The number of ether oxygens (including phenoxy) is 1. The number of aromatic nitrogens is 4. The maximum atomic E-state index is 11.5. The van der Waals surface area contributed by atoms with Crippen molar-refractivity contribution < 1.29 is 9.53 Å². The molecule has 0 aliphatic carbocycles. The van der Waals surface area contributed by atoms with Crippen LogP contribution in [0.25, 0.3) is 16.8 Å². The van der Waals surface area contributed by atoms with Crippen molar-refractivity contribution in [1.82, 2.24) is 19.6 Å². The number of rotatable bonds is 3. The SMILES string of the molecule is COc1cc(-c2cc(C(N)=O)c3cncnn23)ccn1. The number of nitrogens with zero attached hydrogens (tertiary/aromatic N) is 4. The molecule has 20 heavy (non-hydrogen) atoms. The van der Waals surface area contributed by atoms with Gasteiger partial charge in [-0.25, -0.2) is 14.5 Å². The lowest BCUT2D eigenvalue weighted by molar-refractivity contribution is 0.100. The van der Waals surface area contributed by atoms with Gasteiger partial charge < -0.3 is 10.5 Å². The molecule has 0 fully saturated rings. The monoisotopic (exact) mass is 269 g/mol. The molecule has 1 amide bonds. The number of pyridine rings is 1. The van der Waals surface area contributed by atoms with Crippen LogP contribution in [0.2, 0.25) is 0 Å². The predicted octanol–water partition coefficient (Wildman–Crippen LogP) is 0.899. The summed E-state index contributed by atoms with van der Waals surface area (Å²) < 4.78 is 6.71. The first-order chi connectivity index (χ1) is 9.70. The molecule has 0 atom stereocenters. The van der Waals surface area contributed by atoms with Gasteiger partial charge in [0.1, 0.15) is 6.33 Å². The first kappa shape index (κ1) is 12.1. The van der Waals surface area contributed by atoms with Crippen molar-refractivity contribution in [3.8, 4) is 17.1 Å². The van der Waals surface area contributed by atoms with Gasteiger partial charge in [-0.15, -0.1) is 0 Å². The fourth-order valence-corrected chi connectivity index (χ4v) is 2.03. The highest BCUT2D eigenvalue weighted by atomic mass is 16.5. The molecule has 3 rings (SSSR count). The molecule has 3 aromatic rings. The van der Waals surface area contributed by atoms with Crippen molar-refractivity contribution in [2.45, 2.75) is 0 Å². The van der Waals surface area contributed by atoms with Crippen molar-refractivity contribution in [3.63, 3.8) is 0 Å². The highest BCUT2D eigenvalue weighted by Gasteiger charge is 2.15. The van der Waals surface area contributed by atoms with Crippen LogP contribution < -0.4 is 10.5 Å². The van der Waals surface area contributed by atoms with E-state index in [9.17, 15) is 4.79 Å². The van der Waals surface area contributed by atoms with Crippen LogP contribution in [0.1, 0.15) is 10.4 Å². The molecular weight excluding hydrogens is 258 g/mol. The van der Waals surface area contributed by atoms with Gasteiger partial charge in [-0.05, 0) is 12.1 Å². The number of carbonyl (C=O) groups is 1. The molecule has 0 bridgehead atoms. The van der Waals surface area contributed by atoms with Gasteiger partial charge in [0.25, 0.3) is 5.91 Å². The van der Waals surface area contributed by atoms with E-state index in [0.717, 1.165) is 11.3 Å². The summed E-state index contributed by atoms with van der Waals surface area (Å²) in [7, 11) is 1.54. The standard InChI is InChI=1S/C13H11N5O2/c1-20-12-4-8(2-3-16-12)10-5-9(13(14)19)11-6-15-7-17-18(10)11/h2-7H,1H3,(H2,14,19). The number of fused-ring (bicyclic) bond motifs is 1. The highest BCUT2D eigenvalue weighted by Crippen LogP contribution is 2.26. The minimum absolute atomic E-state index is 0.372. The van der Waals surface area contributed by atoms with Crippen LogP contribution in [0.4, 0.5) is 0 Å². The van der Waals surface area contributed by atoms with Crippen LogP contribution in [0.15, 0.2) is 36.9 Å². The quantitative estimate of drug-likeness (QED) is 0.762. The predicted molar refractivity (Wildman–Crippen MR) is 71.3 cm³/mol. The van der Waals surface area contributed by atoms with E-state index in [0.29, 0.717) is 17.0 Å². The van der Waals surface area contributed by atoms with E-state index >= 15 is 0 Å². The molecule has 0 unspecified atom stereocenters. The average molecular weight is 269 g/mol. The molecule has 0 spiro atoms. The van der Waals surface area contributed by atoms with Crippen LogP contribution in [0.5, 0.6) is 5.88 Å². The molecule has 7 nitrogen and oxygen atoms in total. The van der Waals surface area contributed by atoms with Crippen molar-refractivity contribution in [3.05, 3.63) is 42.5 Å². The van der Waals surface area contributed by atoms with Crippen LogP contribution in [-0.4, -0.2) is 32.6 Å². The number of hydrogen-bond donors (Lipinski definition) is 1. The Kier molecular flexibility index (Phi) is 2.79. The molecule has 0 saturated carbocycles. The van der Waals surface area contributed by atoms with Crippen molar-refractivity contribution in [2.24, 2.45) is 5.73 Å². The number of primary amides is 1. The zero-order valence-electron chi connectivity index (χ0n) is 10.6. The highest BCUT2D eigenvalue weighted by molar-refractivity contribution is 6.01. The lowest BCUT2D eigenvalue weighted by atomic mass is 10.2. The minimum atomic E-state index is -0.524. The smallest absolute Gasteiger partial charge is 0.251 e. The van der Waals surface area contributed by atoms with Gasteiger partial charge in [0.2, 0.25) is 5.88 Å². The molecule has 0 saturated heterocycles. The summed E-state index contributed by atoms with van der Waals surface area (Å²) in [6.45, 7) is 0. The first-order valence-corrected chi connectivity index (χ1v) is 5.82. The summed E-state index contributed by atoms with van der Waals surface area (Å²) in [5.41, 5.74) is 7.85. The molecular formula is C13H11N5O2. The molecule has 0 aliphatic heterocycles. The molecule has 2 N–H and O–H groups in total. The maximum absolute atomic E-state index is 11.5. The third-order valence-electron chi connectivity index (χ3n) is 2.95. The van der Waals surface area contributed by atoms with Crippen molar-refractivity contribution in [1.29, 1.82) is 0 Å². The summed E-state index contributed by atoms with van der Waals surface area (Å²) in [4.78, 5) is 19.5. The van der Waals surface area contributed by atoms with Gasteiger partial charge in [0, 0.05) is 17.8 Å². The van der Waals surface area contributed by atoms with E-state index in [1.165, 1.54) is 6.33 Å². The van der Waals surface area contributed by atoms with Gasteiger partial charge >= 0.3 is 0 Å². The minimum Gasteiger partial charge on any atom is -0.481 e. The number of amides is 1. The number of methoxy groups -OCH3 is 1. The van der Waals surface area contributed by atoms with E-state index < -0.39 is 5.91 Å². The number of nitrogens with two attached hydrogens (primary N) is 1. The summed E-state index contributed by atoms with van der Waals surface area (Å²) in [6, 6.07) is 5.24. The van der Waals surface area contributed by atoms with E-state index in [1.54, 1.807) is 42.2 Å². The van der Waals surface area contributed by atoms with Crippen LogP contribution in [0.3, 0.4) is 0 Å². The normalized spacial score (nSPS) is 10.7. The fourth-order valence-electron chi connectivity index (χ4n) is 2.03. The zero-order valence-corrected chi connectivity index (χ0v) is 10.6. The molecule has 3 aromatic heterocycles. The Morgan fingerprint density at radius 2 is 2.25 bits per heavy atom. The fraction of sp³-hybridized carbons (Fsp3) is 0.0769. The number of hydrogen-bond acceptors (Lipinski definition) is 5. The second-order valence-electron chi connectivity index (χ2n) is 4.10. The van der Waals surface area contributed by atoms with E-state index in [4.69, 9.17) is 10.5 Å². The lowest BCUT2D eigenvalue weighted by Crippen LogP contribution is -2.10. The largest absolute Gasteiger partial charge is 0.481 e. The summed E-state index contributed by atoms with van der Waals surface area (Å²) in [5.74, 6) is -0.0447. The average Bonchev–Trinajstić information content (AvgIpc) is 2.87. The Bertz CT molecular complexity index is 796. The zero-order chi connectivity index (χ0) is 14.1. The Hall–Kier alpha value is -2.96. The van der Waals surface area contributed by atoms with Gasteiger partial charge in [0.15, 0.2) is 0 Å². The van der Waals surface area contributed by atoms with Gasteiger partial charge in [0.05, 0.1) is 30.1 Å². The van der Waals surface area contributed by atoms with E-state index in [2.05, 4.69) is 15.1 Å². The van der Waals surface area contributed by atoms with Crippen LogP contribution >= 0.6 is 0 Å². The molecule has 0 aromatic carbocycles. The van der Waals surface area contributed by atoms with E-state index in [1.807, 2.05) is 0 Å². The van der Waals surface area contributed by atoms with Gasteiger partial charge in [-0.1, -0.05) is 0 Å². The molecule has 0 aliphatic rings. The topological polar surface area (TPSA) is 95.4 Å². The Labute approximate surface area is 114 Å². The summed E-state index contributed by atoms with van der Waals surface area (Å²) in [5, 5.41) is 4.15. The third kappa shape index (κ3) is 1.85. The molecule has 100 valence electrons. The maximum Gasteiger partial charge on any atom is 0.251 e. The van der Waals surface area contributed by atoms with E-state index in [-0.39, 0.29) is 0 Å². The molecule has 7 heteroatoms. The van der Waals surface area contributed by atoms with Crippen LogP contribution in [0, 0.1) is 0 Å². The third-order valence-corrected chi connectivity index (χ3v) is 2.95. The molecule has 3 heterocycles. The van der Waals surface area contributed by atoms with Crippen molar-refractivity contribution in [2.75, 3.05) is 7.11 Å². The summed E-state index contributed by atoms with van der Waals surface area (Å²) >= 11 is 0. The molecule has 0 radical (unpaired) electrons. The summed E-state index contributed by atoms with van der Waals surface area (Å²) in [6.07, 6.45) is 4.58. The van der Waals surface area contributed by atoms with Gasteiger partial charge in [-0.3, -0.25) is 4.79 Å². The van der Waals surface area contributed by atoms with Crippen LogP contribution in [-0.2, 0) is 0 Å². The second-order valence-corrected chi connectivity index (χ2v) is 4.10. The number of carbonyl (C=O) groups excluding carboxylic acids is 1. The van der Waals surface area contributed by atoms with Gasteiger partial charge in [-0.2, -0.15) is 5.10 Å². The second kappa shape index (κ2) is 4.61.